The molecule has 1 amide bonds. The number of carbonyl (C=O) groups excluding carboxylic acids is 1. The molecule has 2 N–H and O–H groups in total. The van der Waals surface area contributed by atoms with E-state index in [1.54, 1.807) is 12.3 Å². The first-order chi connectivity index (χ1) is 9.70. The molecule has 2 aromatic rings. The second-order valence-corrected chi connectivity index (χ2v) is 4.51. The number of para-hydroxylation sites is 1. The molecule has 0 saturated carbocycles. The number of hydrogen-bond acceptors (Lipinski definition) is 3. The van der Waals surface area contributed by atoms with E-state index in [4.69, 9.17) is 10.5 Å². The number of benzene rings is 1. The fraction of sp³-hybridized carbons (Fsp3) is 0.250. The summed E-state index contributed by atoms with van der Waals surface area (Å²) in [7, 11) is 0. The lowest BCUT2D eigenvalue weighted by molar-refractivity contribution is 0.1000. The fourth-order valence-electron chi connectivity index (χ4n) is 1.97. The van der Waals surface area contributed by atoms with Gasteiger partial charge in [0.15, 0.2) is 0 Å². The van der Waals surface area contributed by atoms with Crippen LogP contribution in [0.5, 0.6) is 5.75 Å². The van der Waals surface area contributed by atoms with E-state index in [1.165, 1.54) is 11.8 Å². The average molecular weight is 270 g/mol. The van der Waals surface area contributed by atoms with Crippen molar-refractivity contribution < 1.29 is 9.53 Å². The van der Waals surface area contributed by atoms with Crippen molar-refractivity contribution in [3.8, 4) is 5.75 Å². The Morgan fingerprint density at radius 1 is 1.30 bits per heavy atom. The van der Waals surface area contributed by atoms with Crippen LogP contribution in [-0.4, -0.2) is 17.5 Å². The maximum atomic E-state index is 11.1. The molecule has 0 unspecified atom stereocenters. The Bertz CT molecular complexity index is 597. The van der Waals surface area contributed by atoms with Gasteiger partial charge in [-0.2, -0.15) is 0 Å². The van der Waals surface area contributed by atoms with Crippen LogP contribution in [0.3, 0.4) is 0 Å². The van der Waals surface area contributed by atoms with Gasteiger partial charge in [-0.1, -0.05) is 25.1 Å². The van der Waals surface area contributed by atoms with Crippen LogP contribution in [-0.2, 0) is 12.8 Å². The van der Waals surface area contributed by atoms with Gasteiger partial charge in [0, 0.05) is 18.8 Å². The number of rotatable bonds is 6. The van der Waals surface area contributed by atoms with Crippen LogP contribution in [0, 0.1) is 0 Å². The molecule has 4 nitrogen and oxygen atoms in total. The standard InChI is InChI=1S/C16H18N2O2/c1-2-13-5-3-4-6-15(13)20-8-7-12-9-14(16(17)19)11-18-10-12/h3-6,9-11H,2,7-8H2,1H3,(H2,17,19). The molecule has 0 radical (unpaired) electrons. The molecular weight excluding hydrogens is 252 g/mol. The number of amides is 1. The van der Waals surface area contributed by atoms with Gasteiger partial charge in [-0.25, -0.2) is 0 Å². The van der Waals surface area contributed by atoms with Crippen molar-refractivity contribution in [1.82, 2.24) is 4.98 Å². The minimum absolute atomic E-state index is 0.427. The third-order valence-electron chi connectivity index (χ3n) is 3.08. The van der Waals surface area contributed by atoms with E-state index in [2.05, 4.69) is 18.0 Å². The van der Waals surface area contributed by atoms with E-state index in [0.717, 1.165) is 17.7 Å². The third kappa shape index (κ3) is 3.57. The highest BCUT2D eigenvalue weighted by molar-refractivity contribution is 5.92. The summed E-state index contributed by atoms with van der Waals surface area (Å²) in [5.74, 6) is 0.450. The predicted molar refractivity (Wildman–Crippen MR) is 77.8 cm³/mol. The molecule has 1 aromatic carbocycles. The summed E-state index contributed by atoms with van der Waals surface area (Å²) >= 11 is 0. The number of nitrogens with zero attached hydrogens (tertiary/aromatic N) is 1. The number of aryl methyl sites for hydroxylation is 1. The number of carbonyl (C=O) groups is 1. The van der Waals surface area contributed by atoms with Crippen LogP contribution in [0.4, 0.5) is 0 Å². The summed E-state index contributed by atoms with van der Waals surface area (Å²) in [6.45, 7) is 2.64. The number of pyridine rings is 1. The molecule has 0 aliphatic carbocycles. The first kappa shape index (κ1) is 14.1. The SMILES string of the molecule is CCc1ccccc1OCCc1cncc(C(N)=O)c1. The van der Waals surface area contributed by atoms with Gasteiger partial charge in [0.2, 0.25) is 5.91 Å². The zero-order valence-corrected chi connectivity index (χ0v) is 11.5. The molecule has 2 rings (SSSR count). The average Bonchev–Trinajstić information content (AvgIpc) is 2.48. The largest absolute Gasteiger partial charge is 0.493 e. The Morgan fingerprint density at radius 3 is 2.85 bits per heavy atom. The van der Waals surface area contributed by atoms with Crippen molar-refractivity contribution in [2.45, 2.75) is 19.8 Å². The molecule has 1 aromatic heterocycles. The number of aromatic nitrogens is 1. The van der Waals surface area contributed by atoms with Gasteiger partial charge in [0.05, 0.1) is 12.2 Å². The van der Waals surface area contributed by atoms with E-state index in [-0.39, 0.29) is 0 Å². The molecule has 1 heterocycles. The quantitative estimate of drug-likeness (QED) is 0.876. The molecule has 104 valence electrons. The maximum absolute atomic E-state index is 11.1. The van der Waals surface area contributed by atoms with Crippen molar-refractivity contribution in [3.05, 3.63) is 59.4 Å². The maximum Gasteiger partial charge on any atom is 0.250 e. The van der Waals surface area contributed by atoms with Crippen LogP contribution in [0.1, 0.15) is 28.4 Å². The van der Waals surface area contributed by atoms with E-state index in [9.17, 15) is 4.79 Å². The Labute approximate surface area is 118 Å². The van der Waals surface area contributed by atoms with Crippen molar-refractivity contribution in [3.63, 3.8) is 0 Å². The van der Waals surface area contributed by atoms with E-state index < -0.39 is 5.91 Å². The highest BCUT2D eigenvalue weighted by Gasteiger charge is 2.04. The Morgan fingerprint density at radius 2 is 2.10 bits per heavy atom. The molecule has 4 heteroatoms. The van der Waals surface area contributed by atoms with Gasteiger partial charge in [0.25, 0.3) is 0 Å². The van der Waals surface area contributed by atoms with Crippen molar-refractivity contribution in [2.24, 2.45) is 5.73 Å². The zero-order valence-electron chi connectivity index (χ0n) is 11.5. The Balaban J connectivity index is 1.96. The summed E-state index contributed by atoms with van der Waals surface area (Å²) in [6.07, 6.45) is 4.82. The molecule has 0 aliphatic rings. The monoisotopic (exact) mass is 270 g/mol. The van der Waals surface area contributed by atoms with E-state index in [0.29, 0.717) is 18.6 Å². The minimum atomic E-state index is -0.461. The molecule has 0 fully saturated rings. The summed E-state index contributed by atoms with van der Waals surface area (Å²) in [5.41, 5.74) is 7.79. The first-order valence-electron chi connectivity index (χ1n) is 6.65. The highest BCUT2D eigenvalue weighted by atomic mass is 16.5. The van der Waals surface area contributed by atoms with Gasteiger partial charge in [-0.05, 0) is 29.7 Å². The molecule has 0 saturated heterocycles. The third-order valence-corrected chi connectivity index (χ3v) is 3.08. The number of ether oxygens (including phenoxy) is 1. The molecular formula is C16H18N2O2. The predicted octanol–water partition coefficient (Wildman–Crippen LogP) is 2.36. The smallest absolute Gasteiger partial charge is 0.250 e. The van der Waals surface area contributed by atoms with Crippen LogP contribution in [0.2, 0.25) is 0 Å². The van der Waals surface area contributed by atoms with E-state index in [1.807, 2.05) is 18.2 Å². The number of primary amides is 1. The van der Waals surface area contributed by atoms with Gasteiger partial charge in [-0.3, -0.25) is 9.78 Å². The summed E-state index contributed by atoms with van der Waals surface area (Å²) in [4.78, 5) is 15.1. The van der Waals surface area contributed by atoms with Crippen LogP contribution in [0.15, 0.2) is 42.7 Å². The van der Waals surface area contributed by atoms with Gasteiger partial charge in [0.1, 0.15) is 5.75 Å². The highest BCUT2D eigenvalue weighted by Crippen LogP contribution is 2.18. The summed E-state index contributed by atoms with van der Waals surface area (Å²) in [6, 6.07) is 9.75. The fourth-order valence-corrected chi connectivity index (χ4v) is 1.97. The van der Waals surface area contributed by atoms with Crippen molar-refractivity contribution >= 4 is 5.91 Å². The summed E-state index contributed by atoms with van der Waals surface area (Å²) in [5, 5.41) is 0. The van der Waals surface area contributed by atoms with Crippen LogP contribution < -0.4 is 10.5 Å². The van der Waals surface area contributed by atoms with Gasteiger partial charge in [-0.15, -0.1) is 0 Å². The van der Waals surface area contributed by atoms with Crippen LogP contribution >= 0.6 is 0 Å². The van der Waals surface area contributed by atoms with Crippen molar-refractivity contribution in [2.75, 3.05) is 6.61 Å². The Hall–Kier alpha value is -2.36. The number of hydrogen-bond donors (Lipinski definition) is 1. The topological polar surface area (TPSA) is 65.2 Å². The van der Waals surface area contributed by atoms with Crippen LogP contribution in [0.25, 0.3) is 0 Å². The Kier molecular flexibility index (Phi) is 4.71. The molecule has 0 atom stereocenters. The molecule has 0 bridgehead atoms. The first-order valence-corrected chi connectivity index (χ1v) is 6.65. The zero-order chi connectivity index (χ0) is 14.4. The van der Waals surface area contributed by atoms with Gasteiger partial charge < -0.3 is 10.5 Å². The lowest BCUT2D eigenvalue weighted by Gasteiger charge is -2.10. The van der Waals surface area contributed by atoms with Gasteiger partial charge >= 0.3 is 0 Å². The van der Waals surface area contributed by atoms with E-state index >= 15 is 0 Å². The lowest BCUT2D eigenvalue weighted by Crippen LogP contribution is -2.12. The normalized spacial score (nSPS) is 10.2. The lowest BCUT2D eigenvalue weighted by atomic mass is 10.1. The number of nitrogens with two attached hydrogens (primary N) is 1. The molecule has 0 spiro atoms. The second kappa shape index (κ2) is 6.70. The molecule has 20 heavy (non-hydrogen) atoms. The minimum Gasteiger partial charge on any atom is -0.493 e. The second-order valence-electron chi connectivity index (χ2n) is 4.51. The molecule has 0 aliphatic heterocycles. The summed E-state index contributed by atoms with van der Waals surface area (Å²) < 4.78 is 5.79. The van der Waals surface area contributed by atoms with Crippen molar-refractivity contribution in [1.29, 1.82) is 0 Å².